The molecule has 0 unspecified atom stereocenters. The third kappa shape index (κ3) is 5.79. The van der Waals surface area contributed by atoms with Crippen LogP contribution in [0.4, 0.5) is 11.5 Å². The van der Waals surface area contributed by atoms with Crippen LogP contribution in [0.2, 0.25) is 0 Å². The van der Waals surface area contributed by atoms with Crippen LogP contribution in [0.25, 0.3) is 32.0 Å². The molecule has 0 bridgehead atoms. The number of benzene rings is 1. The van der Waals surface area contributed by atoms with Crippen molar-refractivity contribution in [3.8, 4) is 21.8 Å². The Hall–Kier alpha value is -3.44. The summed E-state index contributed by atoms with van der Waals surface area (Å²) in [4.78, 5) is 32.9. The maximum absolute atomic E-state index is 13.0. The molecule has 0 saturated carbocycles. The molecule has 4 aromatic rings. The van der Waals surface area contributed by atoms with Crippen molar-refractivity contribution in [1.29, 1.82) is 0 Å². The number of piperidine rings is 1. The lowest BCUT2D eigenvalue weighted by Crippen LogP contribution is -2.39. The van der Waals surface area contributed by atoms with E-state index in [9.17, 15) is 9.90 Å². The summed E-state index contributed by atoms with van der Waals surface area (Å²) in [5, 5.41) is 12.3. The van der Waals surface area contributed by atoms with Gasteiger partial charge in [-0.05, 0) is 50.2 Å². The highest BCUT2D eigenvalue weighted by Crippen LogP contribution is 2.38. The number of hydrogen-bond donors (Lipinski definition) is 2. The quantitative estimate of drug-likeness (QED) is 0.361. The van der Waals surface area contributed by atoms with Crippen LogP contribution in [0.3, 0.4) is 0 Å². The lowest BCUT2D eigenvalue weighted by molar-refractivity contribution is -0.121. The Bertz CT molecular complexity index is 1430. The van der Waals surface area contributed by atoms with Crippen LogP contribution < -0.4 is 10.2 Å². The van der Waals surface area contributed by atoms with Crippen LogP contribution in [0.15, 0.2) is 54.9 Å². The second kappa shape index (κ2) is 11.7. The number of carbonyl (C=O) groups is 1. The van der Waals surface area contributed by atoms with Crippen molar-refractivity contribution in [2.45, 2.75) is 12.8 Å². The Morgan fingerprint density at radius 1 is 1.05 bits per heavy atom. The second-order valence-electron chi connectivity index (χ2n) is 9.95. The molecule has 2 aliphatic rings. The smallest absolute Gasteiger partial charge is 0.227 e. The average Bonchev–Trinajstić information content (AvgIpc) is 3.43. The molecule has 6 rings (SSSR count). The molecule has 9 nitrogen and oxygen atoms in total. The molecule has 2 fully saturated rings. The van der Waals surface area contributed by atoms with E-state index in [-0.39, 0.29) is 18.4 Å². The molecule has 5 heterocycles. The van der Waals surface area contributed by atoms with Gasteiger partial charge in [-0.3, -0.25) is 9.78 Å². The first kappa shape index (κ1) is 25.8. The number of rotatable bonds is 7. The summed E-state index contributed by atoms with van der Waals surface area (Å²) in [6, 6.07) is 13.9. The lowest BCUT2D eigenvalue weighted by atomic mass is 9.96. The molecule has 1 aromatic carbocycles. The fourth-order valence-corrected chi connectivity index (χ4v) is 6.33. The SMILES string of the molecule is O=C(Nc1cccc(-c2nc(N3CCOCC3)c3sc(-c4cccnc4)cc3n2)c1)C1CCN(CCO)CC1. The Morgan fingerprint density at radius 2 is 1.87 bits per heavy atom. The van der Waals surface area contributed by atoms with E-state index in [0.29, 0.717) is 25.6 Å². The largest absolute Gasteiger partial charge is 0.395 e. The minimum atomic E-state index is -0.0270. The molecule has 202 valence electrons. The van der Waals surface area contributed by atoms with E-state index >= 15 is 0 Å². The van der Waals surface area contributed by atoms with Crippen LogP contribution >= 0.6 is 11.3 Å². The molecule has 1 amide bonds. The van der Waals surface area contributed by atoms with Crippen molar-refractivity contribution in [2.75, 3.05) is 62.8 Å². The number of nitrogens with zero attached hydrogens (tertiary/aromatic N) is 5. The number of amides is 1. The Morgan fingerprint density at radius 3 is 2.64 bits per heavy atom. The van der Waals surface area contributed by atoms with Gasteiger partial charge < -0.3 is 25.0 Å². The van der Waals surface area contributed by atoms with Gasteiger partial charge in [0.1, 0.15) is 0 Å². The van der Waals surface area contributed by atoms with E-state index in [2.05, 4.69) is 32.2 Å². The molecule has 0 atom stereocenters. The van der Waals surface area contributed by atoms with Crippen LogP contribution in [0.1, 0.15) is 12.8 Å². The number of aromatic nitrogens is 3. The van der Waals surface area contributed by atoms with Crippen molar-refractivity contribution >= 4 is 39.0 Å². The minimum absolute atomic E-state index is 0.0270. The summed E-state index contributed by atoms with van der Waals surface area (Å²) in [5.41, 5.74) is 3.56. The summed E-state index contributed by atoms with van der Waals surface area (Å²) in [6.07, 6.45) is 5.24. The summed E-state index contributed by atoms with van der Waals surface area (Å²) in [5.74, 6) is 1.57. The van der Waals surface area contributed by atoms with Gasteiger partial charge in [0.05, 0.1) is 30.0 Å². The topological polar surface area (TPSA) is 104 Å². The molecule has 0 spiro atoms. The standard InChI is InChI=1S/C29H32N6O3S/c36-14-11-34-9-6-20(7-10-34)29(37)31-23-5-1-3-21(17-23)27-32-24-18-25(22-4-2-8-30-19-22)39-26(24)28(33-27)35-12-15-38-16-13-35/h1-5,8,17-20,36H,6-7,9-16H2,(H,31,37). The van der Waals surface area contributed by atoms with Crippen molar-refractivity contribution in [3.05, 3.63) is 54.9 Å². The van der Waals surface area contributed by atoms with Gasteiger partial charge in [-0.25, -0.2) is 9.97 Å². The Kier molecular flexibility index (Phi) is 7.78. The third-order valence-corrected chi connectivity index (χ3v) is 8.54. The average molecular weight is 545 g/mol. The van der Waals surface area contributed by atoms with Crippen LogP contribution in [0, 0.1) is 5.92 Å². The van der Waals surface area contributed by atoms with Crippen LogP contribution in [-0.4, -0.2) is 83.4 Å². The van der Waals surface area contributed by atoms with Gasteiger partial charge >= 0.3 is 0 Å². The van der Waals surface area contributed by atoms with E-state index in [1.165, 1.54) is 0 Å². The maximum atomic E-state index is 13.0. The highest BCUT2D eigenvalue weighted by atomic mass is 32.1. The fourth-order valence-electron chi connectivity index (χ4n) is 5.22. The molecular weight excluding hydrogens is 512 g/mol. The number of fused-ring (bicyclic) bond motifs is 1. The predicted molar refractivity (Wildman–Crippen MR) is 154 cm³/mol. The van der Waals surface area contributed by atoms with Crippen LogP contribution in [-0.2, 0) is 9.53 Å². The number of carbonyl (C=O) groups excluding carboxylic acids is 1. The minimum Gasteiger partial charge on any atom is -0.395 e. The molecule has 3 aromatic heterocycles. The number of aliphatic hydroxyl groups excluding tert-OH is 1. The molecule has 0 aliphatic carbocycles. The number of thiophene rings is 1. The highest BCUT2D eigenvalue weighted by molar-refractivity contribution is 7.22. The van der Waals surface area contributed by atoms with Crippen molar-refractivity contribution in [2.24, 2.45) is 5.92 Å². The predicted octanol–water partition coefficient (Wildman–Crippen LogP) is 3.90. The number of anilines is 2. The van der Waals surface area contributed by atoms with Crippen molar-refractivity contribution < 1.29 is 14.6 Å². The molecule has 0 radical (unpaired) electrons. The van der Waals surface area contributed by atoms with E-state index in [1.807, 2.05) is 36.5 Å². The van der Waals surface area contributed by atoms with Gasteiger partial charge in [-0.2, -0.15) is 0 Å². The third-order valence-electron chi connectivity index (χ3n) is 7.37. The number of likely N-dealkylation sites (tertiary alicyclic amines) is 1. The summed E-state index contributed by atoms with van der Waals surface area (Å²) < 4.78 is 6.65. The van der Waals surface area contributed by atoms with E-state index in [0.717, 1.165) is 76.7 Å². The molecule has 2 N–H and O–H groups in total. The Balaban J connectivity index is 1.29. The number of morpholine rings is 1. The molecule has 10 heteroatoms. The van der Waals surface area contributed by atoms with Gasteiger partial charge in [-0.1, -0.05) is 18.2 Å². The zero-order valence-corrected chi connectivity index (χ0v) is 22.6. The van der Waals surface area contributed by atoms with Crippen LogP contribution in [0.5, 0.6) is 0 Å². The first-order valence-corrected chi connectivity index (χ1v) is 14.3. The summed E-state index contributed by atoms with van der Waals surface area (Å²) in [6.45, 7) is 5.38. The number of pyridine rings is 1. The highest BCUT2D eigenvalue weighted by Gasteiger charge is 2.25. The van der Waals surface area contributed by atoms with Gasteiger partial charge in [0.2, 0.25) is 5.91 Å². The zero-order valence-electron chi connectivity index (χ0n) is 21.8. The lowest BCUT2D eigenvalue weighted by Gasteiger charge is -2.30. The van der Waals surface area contributed by atoms with Crippen molar-refractivity contribution in [1.82, 2.24) is 19.9 Å². The second-order valence-corrected chi connectivity index (χ2v) is 11.0. The first-order chi connectivity index (χ1) is 19.2. The normalized spacial score (nSPS) is 17.0. The number of nitrogens with one attached hydrogen (secondary N) is 1. The van der Waals surface area contributed by atoms with Gasteiger partial charge in [-0.15, -0.1) is 11.3 Å². The number of hydrogen-bond acceptors (Lipinski definition) is 9. The molecular formula is C29H32N6O3S. The van der Waals surface area contributed by atoms with Gasteiger partial charge in [0, 0.05) is 59.6 Å². The first-order valence-electron chi connectivity index (χ1n) is 13.5. The number of ether oxygens (including phenoxy) is 1. The number of aliphatic hydroxyl groups is 1. The summed E-state index contributed by atoms with van der Waals surface area (Å²) >= 11 is 1.68. The molecule has 2 saturated heterocycles. The Labute approximate surface area is 231 Å². The van der Waals surface area contributed by atoms with Crippen molar-refractivity contribution in [3.63, 3.8) is 0 Å². The molecule has 39 heavy (non-hydrogen) atoms. The van der Waals surface area contributed by atoms with Gasteiger partial charge in [0.15, 0.2) is 11.6 Å². The monoisotopic (exact) mass is 544 g/mol. The zero-order chi connectivity index (χ0) is 26.6. The maximum Gasteiger partial charge on any atom is 0.227 e. The fraction of sp³-hybridized carbons (Fsp3) is 0.379. The summed E-state index contributed by atoms with van der Waals surface area (Å²) in [7, 11) is 0. The van der Waals surface area contributed by atoms with E-state index in [4.69, 9.17) is 14.7 Å². The van der Waals surface area contributed by atoms with E-state index < -0.39 is 0 Å². The van der Waals surface area contributed by atoms with E-state index in [1.54, 1.807) is 17.5 Å². The van der Waals surface area contributed by atoms with Gasteiger partial charge in [0.25, 0.3) is 0 Å². The number of β-amino-alcohol motifs (C(OH)–C–C–N with tert-alkyl or cyclic N) is 1. The molecule has 2 aliphatic heterocycles.